The first-order chi connectivity index (χ1) is 9.69. The molecule has 2 rings (SSSR count). The summed E-state index contributed by atoms with van der Waals surface area (Å²) in [5.74, 6) is 7.00. The van der Waals surface area contributed by atoms with Crippen molar-refractivity contribution in [1.82, 2.24) is 0 Å². The second kappa shape index (κ2) is 6.74. The number of ether oxygens (including phenoxy) is 1. The summed E-state index contributed by atoms with van der Waals surface area (Å²) >= 11 is 0. The Morgan fingerprint density at radius 2 is 1.90 bits per heavy atom. The van der Waals surface area contributed by atoms with Crippen LogP contribution in [-0.2, 0) is 11.2 Å². The minimum absolute atomic E-state index is 0.0575. The molecule has 0 amide bonds. The minimum atomic E-state index is 0.0575. The van der Waals surface area contributed by atoms with Crippen molar-refractivity contribution >= 4 is 5.78 Å². The first-order valence-corrected chi connectivity index (χ1v) is 6.38. The molecule has 1 heterocycles. The van der Waals surface area contributed by atoms with E-state index in [9.17, 15) is 4.79 Å². The highest BCUT2D eigenvalue weighted by Gasteiger charge is 2.00. The molecule has 0 aliphatic heterocycles. The smallest absolute Gasteiger partial charge is 0.159 e. The van der Waals surface area contributed by atoms with Gasteiger partial charge in [0.2, 0.25) is 0 Å². The fraction of sp³-hybridized carbons (Fsp3) is 0.235. The van der Waals surface area contributed by atoms with Crippen molar-refractivity contribution in [1.29, 1.82) is 0 Å². The van der Waals surface area contributed by atoms with Gasteiger partial charge in [0.25, 0.3) is 0 Å². The molecule has 0 aliphatic carbocycles. The Kier molecular flexibility index (Phi) is 4.75. The number of methoxy groups -OCH3 is 1. The number of carbonyl (C=O) groups is 1. The van der Waals surface area contributed by atoms with E-state index in [0.717, 1.165) is 23.3 Å². The van der Waals surface area contributed by atoms with Gasteiger partial charge in [0.15, 0.2) is 5.78 Å². The number of hydrogen-bond donors (Lipinski definition) is 0. The Labute approximate surface area is 118 Å². The third-order valence-electron chi connectivity index (χ3n) is 2.85. The van der Waals surface area contributed by atoms with E-state index >= 15 is 0 Å². The molecule has 2 aromatic rings. The van der Waals surface area contributed by atoms with Crippen LogP contribution in [0, 0.1) is 11.8 Å². The Hall–Kier alpha value is -2.31. The monoisotopic (exact) mass is 268 g/mol. The third kappa shape index (κ3) is 3.84. The molecule has 0 aliphatic rings. The second-order valence-corrected chi connectivity index (χ2v) is 4.43. The maximum atomic E-state index is 11.2. The summed E-state index contributed by atoms with van der Waals surface area (Å²) in [4.78, 5) is 11.2. The van der Waals surface area contributed by atoms with Gasteiger partial charge < -0.3 is 9.15 Å². The zero-order chi connectivity index (χ0) is 14.4. The largest absolute Gasteiger partial charge is 0.468 e. The van der Waals surface area contributed by atoms with Crippen molar-refractivity contribution in [3.05, 3.63) is 59.0 Å². The van der Waals surface area contributed by atoms with Crippen molar-refractivity contribution in [3.8, 4) is 11.8 Å². The average Bonchev–Trinajstić information content (AvgIpc) is 2.91. The highest BCUT2D eigenvalue weighted by atomic mass is 16.5. The molecule has 0 spiro atoms. The number of ketones is 1. The van der Waals surface area contributed by atoms with Crippen LogP contribution in [0.5, 0.6) is 0 Å². The molecule has 0 unspecified atom stereocenters. The molecule has 0 atom stereocenters. The number of furan rings is 1. The topological polar surface area (TPSA) is 39.4 Å². The molecule has 3 heteroatoms. The van der Waals surface area contributed by atoms with Crippen molar-refractivity contribution < 1.29 is 13.9 Å². The van der Waals surface area contributed by atoms with Crippen LogP contribution in [0.4, 0.5) is 0 Å². The first kappa shape index (κ1) is 14.1. The molecule has 1 aromatic heterocycles. The summed E-state index contributed by atoms with van der Waals surface area (Å²) in [6, 6.07) is 9.17. The number of Topliss-reactive ketones (excluding diaryl/α,β-unsaturated/α-hetero) is 1. The van der Waals surface area contributed by atoms with Crippen molar-refractivity contribution in [2.75, 3.05) is 13.7 Å². The predicted molar refractivity (Wildman–Crippen MR) is 76.7 cm³/mol. The molecule has 0 fully saturated rings. The summed E-state index contributed by atoms with van der Waals surface area (Å²) in [6.45, 7) is 2.18. The lowest BCUT2D eigenvalue weighted by molar-refractivity contribution is 0.101. The van der Waals surface area contributed by atoms with Gasteiger partial charge in [-0.3, -0.25) is 4.79 Å². The summed E-state index contributed by atoms with van der Waals surface area (Å²) in [6.07, 6.45) is 2.38. The van der Waals surface area contributed by atoms with Crippen molar-refractivity contribution in [3.63, 3.8) is 0 Å². The van der Waals surface area contributed by atoms with E-state index in [1.54, 1.807) is 32.4 Å². The van der Waals surface area contributed by atoms with Gasteiger partial charge >= 0.3 is 0 Å². The molecular formula is C17H16O3. The minimum Gasteiger partial charge on any atom is -0.468 e. The SMILES string of the molecule is COCCc1cc(C#Cc2ccc(C(C)=O)cc2)co1. The fourth-order valence-electron chi connectivity index (χ4n) is 1.71. The van der Waals surface area contributed by atoms with Gasteiger partial charge in [-0.15, -0.1) is 0 Å². The number of hydrogen-bond acceptors (Lipinski definition) is 3. The average molecular weight is 268 g/mol. The van der Waals surface area contributed by atoms with Crippen LogP contribution in [0.25, 0.3) is 0 Å². The highest BCUT2D eigenvalue weighted by Crippen LogP contribution is 2.08. The van der Waals surface area contributed by atoms with E-state index in [1.165, 1.54) is 0 Å². The number of carbonyl (C=O) groups excluding carboxylic acids is 1. The molecule has 0 saturated heterocycles. The van der Waals surface area contributed by atoms with Crippen LogP contribution in [0.15, 0.2) is 41.0 Å². The van der Waals surface area contributed by atoms with Gasteiger partial charge in [0.1, 0.15) is 12.0 Å². The molecule has 102 valence electrons. The van der Waals surface area contributed by atoms with Crippen LogP contribution in [0.3, 0.4) is 0 Å². The van der Waals surface area contributed by atoms with Gasteiger partial charge in [-0.2, -0.15) is 0 Å². The quantitative estimate of drug-likeness (QED) is 0.632. The second-order valence-electron chi connectivity index (χ2n) is 4.43. The van der Waals surface area contributed by atoms with Crippen LogP contribution >= 0.6 is 0 Å². The van der Waals surface area contributed by atoms with E-state index in [-0.39, 0.29) is 5.78 Å². The predicted octanol–water partition coefficient (Wildman–Crippen LogP) is 3.07. The Morgan fingerprint density at radius 1 is 1.20 bits per heavy atom. The summed E-state index contributed by atoms with van der Waals surface area (Å²) in [5, 5.41) is 0. The lowest BCUT2D eigenvalue weighted by Crippen LogP contribution is -1.91. The van der Waals surface area contributed by atoms with Crippen molar-refractivity contribution in [2.24, 2.45) is 0 Å². The summed E-state index contributed by atoms with van der Waals surface area (Å²) in [5.41, 5.74) is 2.40. The van der Waals surface area contributed by atoms with Gasteiger partial charge in [-0.25, -0.2) is 0 Å². The van der Waals surface area contributed by atoms with E-state index in [2.05, 4.69) is 11.8 Å². The molecule has 0 bridgehead atoms. The molecule has 0 saturated carbocycles. The van der Waals surface area contributed by atoms with Gasteiger partial charge in [-0.05, 0) is 25.1 Å². The molecular weight excluding hydrogens is 252 g/mol. The van der Waals surface area contributed by atoms with E-state index < -0.39 is 0 Å². The Bertz CT molecular complexity index is 639. The van der Waals surface area contributed by atoms with Crippen LogP contribution in [0.1, 0.15) is 34.2 Å². The van der Waals surface area contributed by atoms with Gasteiger partial charge in [-0.1, -0.05) is 24.0 Å². The maximum Gasteiger partial charge on any atom is 0.159 e. The molecule has 0 radical (unpaired) electrons. The van der Waals surface area contributed by atoms with E-state index in [0.29, 0.717) is 12.2 Å². The van der Waals surface area contributed by atoms with Gasteiger partial charge in [0.05, 0.1) is 12.2 Å². The normalized spacial score (nSPS) is 9.90. The van der Waals surface area contributed by atoms with Crippen molar-refractivity contribution in [2.45, 2.75) is 13.3 Å². The van der Waals surface area contributed by atoms with Crippen LogP contribution in [0.2, 0.25) is 0 Å². The van der Waals surface area contributed by atoms with Crippen LogP contribution < -0.4 is 0 Å². The highest BCUT2D eigenvalue weighted by molar-refractivity contribution is 5.94. The van der Waals surface area contributed by atoms with Crippen LogP contribution in [-0.4, -0.2) is 19.5 Å². The Morgan fingerprint density at radius 3 is 2.55 bits per heavy atom. The third-order valence-corrected chi connectivity index (χ3v) is 2.85. The van der Waals surface area contributed by atoms with E-state index in [1.807, 2.05) is 18.2 Å². The lowest BCUT2D eigenvalue weighted by atomic mass is 10.1. The zero-order valence-corrected chi connectivity index (χ0v) is 11.6. The van der Waals surface area contributed by atoms with E-state index in [4.69, 9.17) is 9.15 Å². The molecule has 0 N–H and O–H groups in total. The fourth-order valence-corrected chi connectivity index (χ4v) is 1.71. The summed E-state index contributed by atoms with van der Waals surface area (Å²) < 4.78 is 10.4. The lowest BCUT2D eigenvalue weighted by Gasteiger charge is -1.94. The maximum absolute atomic E-state index is 11.2. The van der Waals surface area contributed by atoms with Gasteiger partial charge in [0, 0.05) is 24.7 Å². The summed E-state index contributed by atoms with van der Waals surface area (Å²) in [7, 11) is 1.66. The standard InChI is InChI=1S/C17H16O3/c1-13(18)16-7-5-14(6-8-16)3-4-15-11-17(20-12-15)9-10-19-2/h5-8,11-12H,9-10H2,1-2H3. The molecule has 20 heavy (non-hydrogen) atoms. The zero-order valence-electron chi connectivity index (χ0n) is 11.6. The first-order valence-electron chi connectivity index (χ1n) is 6.38. The number of benzene rings is 1. The number of rotatable bonds is 4. The molecule has 3 nitrogen and oxygen atoms in total. The molecule has 1 aromatic carbocycles. The Balaban J connectivity index is 2.06.